The molecule has 2 amide bonds. The van der Waals surface area contributed by atoms with Gasteiger partial charge in [0, 0.05) is 19.3 Å². The molecule has 0 atom stereocenters. The Morgan fingerprint density at radius 2 is 1.73 bits per heavy atom. The lowest BCUT2D eigenvalue weighted by molar-refractivity contribution is -0.130. The van der Waals surface area contributed by atoms with Crippen molar-refractivity contribution in [2.45, 2.75) is 6.42 Å². The molecule has 4 N–H and O–H groups in total. The maximum atomic E-state index is 12.3. The van der Waals surface area contributed by atoms with Crippen LogP contribution in [0.4, 0.5) is 5.69 Å². The number of rotatable bonds is 7. The minimum Gasteiger partial charge on any atom is -0.497 e. The average molecular weight is 356 g/mol. The predicted octanol–water partition coefficient (Wildman–Crippen LogP) is 1.29. The van der Waals surface area contributed by atoms with Gasteiger partial charge in [0.15, 0.2) is 0 Å². The Kier molecular flexibility index (Phi) is 6.57. The standard InChI is InChI=1S/C19H24N4O3/c1-22(12-11-14-7-9-15(26-2)10-8-14)18(24)13-23(21)19(25)16-5-3-4-6-17(16)20/h3-10H,11-13,20-21H2,1-2H3. The molecule has 26 heavy (non-hydrogen) atoms. The highest BCUT2D eigenvalue weighted by molar-refractivity contribution is 6.00. The van der Waals surface area contributed by atoms with Crippen LogP contribution in [0.2, 0.25) is 0 Å². The van der Waals surface area contributed by atoms with Crippen LogP contribution in [0.25, 0.3) is 0 Å². The summed E-state index contributed by atoms with van der Waals surface area (Å²) < 4.78 is 5.12. The molecule has 0 aromatic heterocycles. The van der Waals surface area contributed by atoms with Crippen molar-refractivity contribution in [2.24, 2.45) is 5.84 Å². The molecule has 0 saturated carbocycles. The summed E-state index contributed by atoms with van der Waals surface area (Å²) in [5.74, 6) is 5.82. The Balaban J connectivity index is 1.87. The van der Waals surface area contributed by atoms with Crippen LogP contribution in [-0.2, 0) is 11.2 Å². The van der Waals surface area contributed by atoms with Gasteiger partial charge in [-0.25, -0.2) is 5.84 Å². The first-order chi connectivity index (χ1) is 12.4. The molecule has 2 aromatic rings. The van der Waals surface area contributed by atoms with Crippen LogP contribution in [0.5, 0.6) is 5.75 Å². The summed E-state index contributed by atoms with van der Waals surface area (Å²) in [5.41, 5.74) is 7.47. The molecule has 0 unspecified atom stereocenters. The maximum Gasteiger partial charge on any atom is 0.270 e. The SMILES string of the molecule is COc1ccc(CCN(C)C(=O)CN(N)C(=O)c2ccccc2N)cc1. The van der Waals surface area contributed by atoms with Gasteiger partial charge in [-0.1, -0.05) is 24.3 Å². The monoisotopic (exact) mass is 356 g/mol. The third kappa shape index (κ3) is 4.97. The fraction of sp³-hybridized carbons (Fsp3) is 0.263. The number of nitrogens with two attached hydrogens (primary N) is 2. The molecule has 0 saturated heterocycles. The second-order valence-corrected chi connectivity index (χ2v) is 5.93. The molecule has 0 aliphatic rings. The van der Waals surface area contributed by atoms with Gasteiger partial charge in [0.2, 0.25) is 5.91 Å². The van der Waals surface area contributed by atoms with Crippen LogP contribution in [0.15, 0.2) is 48.5 Å². The molecule has 0 fully saturated rings. The van der Waals surface area contributed by atoms with Crippen LogP contribution in [0.1, 0.15) is 15.9 Å². The number of hydrogen-bond acceptors (Lipinski definition) is 5. The zero-order valence-corrected chi connectivity index (χ0v) is 15.0. The fourth-order valence-electron chi connectivity index (χ4n) is 2.40. The molecule has 7 heteroatoms. The van der Waals surface area contributed by atoms with E-state index in [0.29, 0.717) is 18.7 Å². The number of carbonyl (C=O) groups is 2. The molecule has 0 radical (unpaired) electrons. The normalized spacial score (nSPS) is 10.3. The van der Waals surface area contributed by atoms with E-state index in [1.54, 1.807) is 43.3 Å². The summed E-state index contributed by atoms with van der Waals surface area (Å²) >= 11 is 0. The summed E-state index contributed by atoms with van der Waals surface area (Å²) in [6, 6.07) is 14.3. The minimum atomic E-state index is -0.486. The van der Waals surface area contributed by atoms with Gasteiger partial charge in [-0.05, 0) is 36.2 Å². The minimum absolute atomic E-state index is 0.216. The topological polar surface area (TPSA) is 102 Å². The van der Waals surface area contributed by atoms with E-state index >= 15 is 0 Å². The third-order valence-electron chi connectivity index (χ3n) is 4.08. The quantitative estimate of drug-likeness (QED) is 0.337. The fourth-order valence-corrected chi connectivity index (χ4v) is 2.40. The predicted molar refractivity (Wildman–Crippen MR) is 100 cm³/mol. The van der Waals surface area contributed by atoms with Crippen molar-refractivity contribution in [2.75, 3.05) is 33.0 Å². The Morgan fingerprint density at radius 3 is 2.35 bits per heavy atom. The van der Waals surface area contributed by atoms with E-state index < -0.39 is 5.91 Å². The molecule has 0 bridgehead atoms. The van der Waals surface area contributed by atoms with Crippen molar-refractivity contribution in [3.63, 3.8) is 0 Å². The number of nitrogen functional groups attached to an aromatic ring is 1. The van der Waals surface area contributed by atoms with Crippen molar-refractivity contribution in [3.8, 4) is 5.75 Å². The molecular weight excluding hydrogens is 332 g/mol. The summed E-state index contributed by atoms with van der Waals surface area (Å²) in [6.45, 7) is 0.299. The van der Waals surface area contributed by atoms with Crippen LogP contribution in [-0.4, -0.2) is 49.0 Å². The zero-order chi connectivity index (χ0) is 19.1. The third-order valence-corrected chi connectivity index (χ3v) is 4.08. The first-order valence-corrected chi connectivity index (χ1v) is 8.20. The van der Waals surface area contributed by atoms with E-state index in [-0.39, 0.29) is 18.0 Å². The lowest BCUT2D eigenvalue weighted by Crippen LogP contribution is -2.45. The van der Waals surface area contributed by atoms with E-state index in [9.17, 15) is 9.59 Å². The van der Waals surface area contributed by atoms with Crippen LogP contribution in [0.3, 0.4) is 0 Å². The van der Waals surface area contributed by atoms with Crippen molar-refractivity contribution in [1.82, 2.24) is 9.91 Å². The summed E-state index contributed by atoms with van der Waals surface area (Å²) in [4.78, 5) is 26.1. The maximum absolute atomic E-state index is 12.3. The van der Waals surface area contributed by atoms with Gasteiger partial charge in [0.25, 0.3) is 5.91 Å². The second-order valence-electron chi connectivity index (χ2n) is 5.93. The van der Waals surface area contributed by atoms with Gasteiger partial charge in [0.1, 0.15) is 12.3 Å². The van der Waals surface area contributed by atoms with Crippen molar-refractivity contribution in [1.29, 1.82) is 0 Å². The van der Waals surface area contributed by atoms with Crippen molar-refractivity contribution >= 4 is 17.5 Å². The van der Waals surface area contributed by atoms with E-state index in [2.05, 4.69) is 0 Å². The van der Waals surface area contributed by atoms with E-state index in [0.717, 1.165) is 16.3 Å². The number of likely N-dealkylation sites (N-methyl/N-ethyl adjacent to an activating group) is 1. The molecule has 0 heterocycles. The number of para-hydroxylation sites is 1. The van der Waals surface area contributed by atoms with Gasteiger partial charge in [0.05, 0.1) is 12.7 Å². The Hall–Kier alpha value is -3.06. The van der Waals surface area contributed by atoms with Gasteiger partial charge in [-0.3, -0.25) is 14.6 Å². The first-order valence-electron chi connectivity index (χ1n) is 8.20. The largest absolute Gasteiger partial charge is 0.497 e. The van der Waals surface area contributed by atoms with E-state index in [4.69, 9.17) is 16.3 Å². The highest BCUT2D eigenvalue weighted by Crippen LogP contribution is 2.13. The second kappa shape index (κ2) is 8.87. The number of anilines is 1. The lowest BCUT2D eigenvalue weighted by atomic mass is 10.1. The number of ether oxygens (including phenoxy) is 1. The Bertz CT molecular complexity index is 762. The van der Waals surface area contributed by atoms with Gasteiger partial charge in [-0.2, -0.15) is 0 Å². The molecule has 0 spiro atoms. The van der Waals surface area contributed by atoms with Gasteiger partial charge < -0.3 is 15.4 Å². The number of methoxy groups -OCH3 is 1. The molecule has 0 aliphatic carbocycles. The van der Waals surface area contributed by atoms with Crippen LogP contribution in [0, 0.1) is 0 Å². The molecule has 2 rings (SSSR count). The summed E-state index contributed by atoms with van der Waals surface area (Å²) in [5, 5.41) is 0.887. The highest BCUT2D eigenvalue weighted by Gasteiger charge is 2.19. The number of amides is 2. The van der Waals surface area contributed by atoms with Crippen LogP contribution >= 0.6 is 0 Å². The first kappa shape index (κ1) is 19.3. The summed E-state index contributed by atoms with van der Waals surface area (Å²) in [6.07, 6.45) is 0.691. The molecule has 138 valence electrons. The Morgan fingerprint density at radius 1 is 1.08 bits per heavy atom. The summed E-state index contributed by atoms with van der Waals surface area (Å²) in [7, 11) is 3.30. The smallest absolute Gasteiger partial charge is 0.270 e. The number of benzene rings is 2. The van der Waals surface area contributed by atoms with Crippen molar-refractivity contribution < 1.29 is 14.3 Å². The highest BCUT2D eigenvalue weighted by atomic mass is 16.5. The Labute approximate surface area is 153 Å². The van der Waals surface area contributed by atoms with Gasteiger partial charge >= 0.3 is 0 Å². The molecule has 2 aromatic carbocycles. The van der Waals surface area contributed by atoms with E-state index in [1.807, 2.05) is 24.3 Å². The molecule has 7 nitrogen and oxygen atoms in total. The molecule has 0 aliphatic heterocycles. The van der Waals surface area contributed by atoms with Crippen molar-refractivity contribution in [3.05, 3.63) is 59.7 Å². The number of carbonyl (C=O) groups excluding carboxylic acids is 2. The molecular formula is C19H24N4O3. The lowest BCUT2D eigenvalue weighted by Gasteiger charge is -2.22. The van der Waals surface area contributed by atoms with E-state index in [1.165, 1.54) is 0 Å². The number of hydrogen-bond donors (Lipinski definition) is 2. The number of nitrogens with zero attached hydrogens (tertiary/aromatic N) is 2. The van der Waals surface area contributed by atoms with Gasteiger partial charge in [-0.15, -0.1) is 0 Å². The average Bonchev–Trinajstić information content (AvgIpc) is 2.66. The zero-order valence-electron chi connectivity index (χ0n) is 15.0. The number of hydrazine groups is 1. The van der Waals surface area contributed by atoms with Crippen LogP contribution < -0.4 is 16.3 Å².